The van der Waals surface area contributed by atoms with Gasteiger partial charge in [-0.3, -0.25) is 0 Å². The standard InChI is InChI=1S/C10H14N2O2S/c1-3-9-11-12(15(2,13)14)10-7-5-4-6-8-10/h4-9H,3H2,1-2H3/b11-9+. The molecule has 1 aromatic carbocycles. The highest BCUT2D eigenvalue weighted by molar-refractivity contribution is 7.92. The van der Waals surface area contributed by atoms with Gasteiger partial charge in [0.2, 0.25) is 0 Å². The maximum Gasteiger partial charge on any atom is 0.251 e. The highest BCUT2D eigenvalue weighted by Crippen LogP contribution is 2.16. The molecule has 1 aromatic rings. The Kier molecular flexibility index (Phi) is 3.85. The minimum absolute atomic E-state index is 0.546. The topological polar surface area (TPSA) is 49.7 Å². The van der Waals surface area contributed by atoms with E-state index in [4.69, 9.17) is 0 Å². The Bertz CT molecular complexity index is 426. The van der Waals surface area contributed by atoms with Crippen LogP contribution >= 0.6 is 0 Å². The third-order valence-corrected chi connectivity index (χ3v) is 2.59. The molecule has 0 aliphatic carbocycles. The van der Waals surface area contributed by atoms with E-state index in [0.717, 1.165) is 10.7 Å². The Morgan fingerprint density at radius 1 is 1.33 bits per heavy atom. The predicted molar refractivity (Wildman–Crippen MR) is 62.5 cm³/mol. The predicted octanol–water partition coefficient (Wildman–Crippen LogP) is 1.85. The molecule has 0 saturated heterocycles. The number of hydrazone groups is 1. The summed E-state index contributed by atoms with van der Waals surface area (Å²) in [6.07, 6.45) is 3.39. The van der Waals surface area contributed by atoms with Gasteiger partial charge in [-0.05, 0) is 18.6 Å². The van der Waals surface area contributed by atoms with E-state index < -0.39 is 10.0 Å². The number of hydrogen-bond acceptors (Lipinski definition) is 3. The number of anilines is 1. The summed E-state index contributed by atoms with van der Waals surface area (Å²) in [7, 11) is -3.35. The number of sulfonamides is 1. The van der Waals surface area contributed by atoms with Gasteiger partial charge in [-0.2, -0.15) is 9.52 Å². The minimum atomic E-state index is -3.35. The Balaban J connectivity index is 3.08. The monoisotopic (exact) mass is 226 g/mol. The fourth-order valence-electron chi connectivity index (χ4n) is 1.06. The third-order valence-electron chi connectivity index (χ3n) is 1.66. The molecule has 5 heteroatoms. The second-order valence-corrected chi connectivity index (χ2v) is 4.86. The first-order valence-electron chi connectivity index (χ1n) is 4.63. The Morgan fingerprint density at radius 3 is 2.40 bits per heavy atom. The first kappa shape index (κ1) is 11.7. The summed E-state index contributed by atoms with van der Waals surface area (Å²) in [6, 6.07) is 8.78. The van der Waals surface area contributed by atoms with E-state index in [1.165, 1.54) is 0 Å². The minimum Gasteiger partial charge on any atom is -0.205 e. The second-order valence-electron chi connectivity index (χ2n) is 3.05. The van der Waals surface area contributed by atoms with Crippen LogP contribution in [0.1, 0.15) is 13.3 Å². The zero-order chi connectivity index (χ0) is 11.3. The van der Waals surface area contributed by atoms with Gasteiger partial charge in [0, 0.05) is 6.21 Å². The molecule has 1 rings (SSSR count). The van der Waals surface area contributed by atoms with Crippen molar-refractivity contribution in [3.8, 4) is 0 Å². The van der Waals surface area contributed by atoms with Crippen molar-refractivity contribution < 1.29 is 8.42 Å². The molecule has 0 radical (unpaired) electrons. The number of para-hydroxylation sites is 1. The Morgan fingerprint density at radius 2 is 1.93 bits per heavy atom. The van der Waals surface area contributed by atoms with Crippen molar-refractivity contribution in [3.05, 3.63) is 30.3 Å². The maximum absolute atomic E-state index is 11.4. The van der Waals surface area contributed by atoms with Gasteiger partial charge in [0.05, 0.1) is 11.9 Å². The average molecular weight is 226 g/mol. The molecule has 0 heterocycles. The van der Waals surface area contributed by atoms with Crippen molar-refractivity contribution in [3.63, 3.8) is 0 Å². The first-order chi connectivity index (χ1) is 7.05. The van der Waals surface area contributed by atoms with Crippen molar-refractivity contribution in [1.82, 2.24) is 0 Å². The first-order valence-corrected chi connectivity index (χ1v) is 6.48. The lowest BCUT2D eigenvalue weighted by Gasteiger charge is -2.15. The number of rotatable bonds is 4. The highest BCUT2D eigenvalue weighted by Gasteiger charge is 2.14. The molecular formula is C10H14N2O2S. The van der Waals surface area contributed by atoms with Crippen LogP contribution in [0.2, 0.25) is 0 Å². The van der Waals surface area contributed by atoms with Crippen molar-refractivity contribution in [2.45, 2.75) is 13.3 Å². The largest absolute Gasteiger partial charge is 0.251 e. The summed E-state index contributed by atoms with van der Waals surface area (Å²) in [6.45, 7) is 1.90. The lowest BCUT2D eigenvalue weighted by atomic mass is 10.3. The van der Waals surface area contributed by atoms with Gasteiger partial charge < -0.3 is 0 Å². The van der Waals surface area contributed by atoms with Gasteiger partial charge in [-0.25, -0.2) is 8.42 Å². The molecule has 0 saturated carbocycles. The summed E-state index contributed by atoms with van der Waals surface area (Å²) in [4.78, 5) is 0. The molecule has 0 amide bonds. The van der Waals surface area contributed by atoms with Crippen molar-refractivity contribution in [1.29, 1.82) is 0 Å². The fourth-order valence-corrected chi connectivity index (χ4v) is 1.80. The zero-order valence-corrected chi connectivity index (χ0v) is 9.61. The van der Waals surface area contributed by atoms with E-state index in [1.807, 2.05) is 13.0 Å². The van der Waals surface area contributed by atoms with Crippen molar-refractivity contribution in [2.75, 3.05) is 10.7 Å². The molecule has 15 heavy (non-hydrogen) atoms. The molecule has 0 fully saturated rings. The molecule has 0 aromatic heterocycles. The van der Waals surface area contributed by atoms with Crippen LogP contribution in [0.15, 0.2) is 35.4 Å². The van der Waals surface area contributed by atoms with Crippen LogP contribution in [0.4, 0.5) is 5.69 Å². The zero-order valence-electron chi connectivity index (χ0n) is 8.79. The van der Waals surface area contributed by atoms with Gasteiger partial charge in [-0.15, -0.1) is 0 Å². The average Bonchev–Trinajstić information content (AvgIpc) is 2.18. The molecule has 0 N–H and O–H groups in total. The molecule has 4 nitrogen and oxygen atoms in total. The van der Waals surface area contributed by atoms with Crippen molar-refractivity contribution >= 4 is 21.9 Å². The lowest BCUT2D eigenvalue weighted by Crippen LogP contribution is -2.24. The van der Waals surface area contributed by atoms with Crippen LogP contribution in [0.3, 0.4) is 0 Å². The smallest absolute Gasteiger partial charge is 0.205 e. The number of benzene rings is 1. The van der Waals surface area contributed by atoms with Gasteiger partial charge in [0.15, 0.2) is 0 Å². The molecule has 0 spiro atoms. The quantitative estimate of drug-likeness (QED) is 0.581. The number of hydrogen-bond donors (Lipinski definition) is 0. The van der Waals surface area contributed by atoms with Gasteiger partial charge >= 0.3 is 0 Å². The van der Waals surface area contributed by atoms with Gasteiger partial charge in [-0.1, -0.05) is 25.1 Å². The summed E-state index contributed by atoms with van der Waals surface area (Å²) >= 11 is 0. The van der Waals surface area contributed by atoms with E-state index in [-0.39, 0.29) is 0 Å². The van der Waals surface area contributed by atoms with Crippen LogP contribution in [-0.4, -0.2) is 20.9 Å². The fraction of sp³-hybridized carbons (Fsp3) is 0.300. The molecule has 0 bridgehead atoms. The molecule has 0 unspecified atom stereocenters. The van der Waals surface area contributed by atoms with Crippen LogP contribution in [0, 0.1) is 0 Å². The summed E-state index contributed by atoms with van der Waals surface area (Å²) in [5.74, 6) is 0. The summed E-state index contributed by atoms with van der Waals surface area (Å²) < 4.78 is 23.9. The SMILES string of the molecule is CC/C=N/N(c1ccccc1)S(C)(=O)=O. The van der Waals surface area contributed by atoms with E-state index in [9.17, 15) is 8.42 Å². The number of nitrogens with zero attached hydrogens (tertiary/aromatic N) is 2. The normalized spacial score (nSPS) is 11.9. The Labute approximate surface area is 90.3 Å². The summed E-state index contributed by atoms with van der Waals surface area (Å²) in [5, 5.41) is 3.90. The van der Waals surface area contributed by atoms with E-state index in [1.54, 1.807) is 30.5 Å². The molecule has 0 aliphatic rings. The van der Waals surface area contributed by atoms with Crippen LogP contribution in [0.5, 0.6) is 0 Å². The lowest BCUT2D eigenvalue weighted by molar-refractivity contribution is 0.598. The van der Waals surface area contributed by atoms with Crippen LogP contribution < -0.4 is 4.41 Å². The second kappa shape index (κ2) is 4.93. The molecule has 0 aliphatic heterocycles. The van der Waals surface area contributed by atoms with E-state index >= 15 is 0 Å². The van der Waals surface area contributed by atoms with E-state index in [2.05, 4.69) is 5.10 Å². The van der Waals surface area contributed by atoms with Crippen LogP contribution in [0.25, 0.3) is 0 Å². The summed E-state index contributed by atoms with van der Waals surface area (Å²) in [5.41, 5.74) is 0.546. The molecule has 0 atom stereocenters. The van der Waals surface area contributed by atoms with Crippen LogP contribution in [-0.2, 0) is 10.0 Å². The maximum atomic E-state index is 11.4. The van der Waals surface area contributed by atoms with Crippen molar-refractivity contribution in [2.24, 2.45) is 5.10 Å². The van der Waals surface area contributed by atoms with Gasteiger partial charge in [0.1, 0.15) is 0 Å². The third kappa shape index (κ3) is 3.36. The van der Waals surface area contributed by atoms with Gasteiger partial charge in [0.25, 0.3) is 10.0 Å². The molecule has 82 valence electrons. The molecular weight excluding hydrogens is 212 g/mol. The highest BCUT2D eigenvalue weighted by atomic mass is 32.2. The van der Waals surface area contributed by atoms with E-state index in [0.29, 0.717) is 12.1 Å². The Hall–Kier alpha value is -1.36.